The van der Waals surface area contributed by atoms with E-state index in [9.17, 15) is 9.59 Å². The van der Waals surface area contributed by atoms with Gasteiger partial charge in [0.1, 0.15) is 12.4 Å². The first-order chi connectivity index (χ1) is 8.15. The number of aromatic nitrogens is 1. The molecular formula is C11H10N2O4. The predicted octanol–water partition coefficient (Wildman–Crippen LogP) is 0.648. The molecule has 2 N–H and O–H groups in total. The van der Waals surface area contributed by atoms with Crippen LogP contribution in [0, 0.1) is 0 Å². The Kier molecular flexibility index (Phi) is 3.15. The van der Waals surface area contributed by atoms with Crippen LogP contribution in [-0.4, -0.2) is 28.6 Å². The van der Waals surface area contributed by atoms with Crippen LogP contribution in [0.5, 0.6) is 0 Å². The molecule has 2 rings (SSSR count). The number of carboxylic acid groups (broad SMARTS) is 1. The Labute approximate surface area is 96.9 Å². The first kappa shape index (κ1) is 11.3. The van der Waals surface area contributed by atoms with Crippen LogP contribution < -0.4 is 5.32 Å². The zero-order chi connectivity index (χ0) is 12.3. The van der Waals surface area contributed by atoms with E-state index in [1.807, 2.05) is 0 Å². The van der Waals surface area contributed by atoms with Gasteiger partial charge in [-0.15, -0.1) is 0 Å². The lowest BCUT2D eigenvalue weighted by Gasteiger charge is -2.04. The Morgan fingerprint density at radius 1 is 1.53 bits per heavy atom. The van der Waals surface area contributed by atoms with Crippen LogP contribution in [0.15, 0.2) is 18.3 Å². The number of aliphatic carboxylic acids is 1. The zero-order valence-electron chi connectivity index (χ0n) is 8.84. The van der Waals surface area contributed by atoms with Gasteiger partial charge in [0.2, 0.25) is 0 Å². The number of ether oxygens (including phenoxy) is 1. The summed E-state index contributed by atoms with van der Waals surface area (Å²) < 4.78 is 5.12. The molecular weight excluding hydrogens is 224 g/mol. The summed E-state index contributed by atoms with van der Waals surface area (Å²) in [5.74, 6) is -0.811. The fraction of sp³-hybridized carbons (Fsp3) is 0.182. The smallest absolute Gasteiger partial charge is 0.328 e. The lowest BCUT2D eigenvalue weighted by atomic mass is 10.2. The van der Waals surface area contributed by atoms with E-state index in [0.29, 0.717) is 11.4 Å². The molecule has 0 unspecified atom stereocenters. The van der Waals surface area contributed by atoms with Crippen molar-refractivity contribution in [1.82, 2.24) is 4.98 Å². The van der Waals surface area contributed by atoms with Gasteiger partial charge in [0.15, 0.2) is 0 Å². The number of hydrogen-bond donors (Lipinski definition) is 2. The van der Waals surface area contributed by atoms with Crippen molar-refractivity contribution >= 4 is 23.8 Å². The number of carbonyl (C=O) groups excluding carboxylic acids is 1. The fourth-order valence-electron chi connectivity index (χ4n) is 1.43. The summed E-state index contributed by atoms with van der Waals surface area (Å²) in [7, 11) is 0. The number of anilines is 1. The van der Waals surface area contributed by atoms with Gasteiger partial charge in [-0.3, -0.25) is 4.79 Å². The molecule has 88 valence electrons. The fourth-order valence-corrected chi connectivity index (χ4v) is 1.43. The van der Waals surface area contributed by atoms with E-state index in [1.54, 1.807) is 6.07 Å². The van der Waals surface area contributed by atoms with Crippen LogP contribution in [0.2, 0.25) is 0 Å². The largest absolute Gasteiger partial charge is 0.478 e. The maximum Gasteiger partial charge on any atom is 0.328 e. The highest BCUT2D eigenvalue weighted by Crippen LogP contribution is 2.18. The van der Waals surface area contributed by atoms with E-state index in [4.69, 9.17) is 9.84 Å². The summed E-state index contributed by atoms with van der Waals surface area (Å²) in [4.78, 5) is 25.6. The number of amides is 1. The third-order valence-corrected chi connectivity index (χ3v) is 2.15. The monoisotopic (exact) mass is 234 g/mol. The standard InChI is InChI=1S/C11H10N2O4/c14-9-6-17-5-8-3-7(1-2-10(15)16)4-12-11(8)13-9/h1-4H,5-6H2,(H,15,16)(H,12,13,14)/b2-1+. The molecule has 0 spiro atoms. The molecule has 0 atom stereocenters. The first-order valence-electron chi connectivity index (χ1n) is 4.92. The van der Waals surface area contributed by atoms with Crippen molar-refractivity contribution in [1.29, 1.82) is 0 Å². The van der Waals surface area contributed by atoms with Crippen LogP contribution in [0.25, 0.3) is 6.08 Å². The number of hydrogen-bond acceptors (Lipinski definition) is 4. The molecule has 0 saturated carbocycles. The van der Waals surface area contributed by atoms with Crippen molar-refractivity contribution in [2.75, 3.05) is 11.9 Å². The Bertz CT molecular complexity index is 496. The molecule has 1 amide bonds. The molecule has 1 aromatic rings. The minimum atomic E-state index is -1.02. The molecule has 0 aromatic carbocycles. The van der Waals surface area contributed by atoms with E-state index < -0.39 is 5.97 Å². The van der Waals surface area contributed by atoms with E-state index in [2.05, 4.69) is 10.3 Å². The second-order valence-electron chi connectivity index (χ2n) is 3.49. The van der Waals surface area contributed by atoms with E-state index in [1.165, 1.54) is 12.3 Å². The van der Waals surface area contributed by atoms with Crippen molar-refractivity contribution in [3.63, 3.8) is 0 Å². The summed E-state index contributed by atoms with van der Waals surface area (Å²) in [6.45, 7) is 0.270. The third-order valence-electron chi connectivity index (χ3n) is 2.15. The van der Waals surface area contributed by atoms with Gasteiger partial charge < -0.3 is 15.2 Å². The van der Waals surface area contributed by atoms with Gasteiger partial charge in [-0.25, -0.2) is 9.78 Å². The number of rotatable bonds is 2. The number of nitrogens with zero attached hydrogens (tertiary/aromatic N) is 1. The van der Waals surface area contributed by atoms with Crippen molar-refractivity contribution in [3.8, 4) is 0 Å². The Morgan fingerprint density at radius 2 is 2.35 bits per heavy atom. The third kappa shape index (κ3) is 2.88. The first-order valence-corrected chi connectivity index (χ1v) is 4.92. The summed E-state index contributed by atoms with van der Waals surface area (Å²) in [6, 6.07) is 1.73. The highest BCUT2D eigenvalue weighted by molar-refractivity contribution is 5.92. The van der Waals surface area contributed by atoms with Crippen molar-refractivity contribution in [3.05, 3.63) is 29.5 Å². The van der Waals surface area contributed by atoms with Gasteiger partial charge in [0.05, 0.1) is 6.61 Å². The van der Waals surface area contributed by atoms with Gasteiger partial charge in [0, 0.05) is 17.8 Å². The Morgan fingerprint density at radius 3 is 3.12 bits per heavy atom. The summed E-state index contributed by atoms with van der Waals surface area (Å²) in [6.07, 6.45) is 3.95. The molecule has 0 saturated heterocycles. The van der Waals surface area contributed by atoms with Gasteiger partial charge in [-0.05, 0) is 17.7 Å². The Hall–Kier alpha value is -2.21. The molecule has 1 aliphatic heterocycles. The van der Waals surface area contributed by atoms with Crippen LogP contribution in [-0.2, 0) is 20.9 Å². The highest BCUT2D eigenvalue weighted by atomic mass is 16.5. The number of nitrogens with one attached hydrogen (secondary N) is 1. The lowest BCUT2D eigenvalue weighted by molar-refractivity contribution is -0.131. The molecule has 17 heavy (non-hydrogen) atoms. The normalized spacial score (nSPS) is 15.2. The van der Waals surface area contributed by atoms with Crippen LogP contribution in [0.1, 0.15) is 11.1 Å². The van der Waals surface area contributed by atoms with Crippen molar-refractivity contribution in [2.45, 2.75) is 6.61 Å². The topological polar surface area (TPSA) is 88.5 Å². The number of carbonyl (C=O) groups is 2. The quantitative estimate of drug-likeness (QED) is 0.733. The average Bonchev–Trinajstić information content (AvgIpc) is 2.46. The van der Waals surface area contributed by atoms with Crippen LogP contribution in [0.4, 0.5) is 5.82 Å². The number of fused-ring (bicyclic) bond motifs is 1. The van der Waals surface area contributed by atoms with Gasteiger partial charge in [0.25, 0.3) is 5.91 Å². The minimum Gasteiger partial charge on any atom is -0.478 e. The van der Waals surface area contributed by atoms with E-state index in [-0.39, 0.29) is 19.1 Å². The highest BCUT2D eigenvalue weighted by Gasteiger charge is 2.13. The second kappa shape index (κ2) is 4.75. The van der Waals surface area contributed by atoms with Gasteiger partial charge >= 0.3 is 5.97 Å². The zero-order valence-corrected chi connectivity index (χ0v) is 8.84. The van der Waals surface area contributed by atoms with E-state index in [0.717, 1.165) is 11.6 Å². The molecule has 0 aliphatic carbocycles. The predicted molar refractivity (Wildman–Crippen MR) is 59.2 cm³/mol. The van der Waals surface area contributed by atoms with Crippen LogP contribution >= 0.6 is 0 Å². The summed E-state index contributed by atoms with van der Waals surface area (Å²) >= 11 is 0. The maximum atomic E-state index is 11.2. The molecule has 1 aromatic heterocycles. The van der Waals surface area contributed by atoms with E-state index >= 15 is 0 Å². The SMILES string of the molecule is O=C(O)/C=C/c1cnc2c(c1)COCC(=O)N2. The summed E-state index contributed by atoms with van der Waals surface area (Å²) in [5, 5.41) is 11.1. The molecule has 0 bridgehead atoms. The van der Waals surface area contributed by atoms with Gasteiger partial charge in [-0.1, -0.05) is 0 Å². The maximum absolute atomic E-state index is 11.2. The molecule has 6 nitrogen and oxygen atoms in total. The number of pyridine rings is 1. The Balaban J connectivity index is 2.27. The van der Waals surface area contributed by atoms with Crippen molar-refractivity contribution < 1.29 is 19.4 Å². The molecule has 2 heterocycles. The molecule has 0 fully saturated rings. The van der Waals surface area contributed by atoms with Crippen LogP contribution in [0.3, 0.4) is 0 Å². The van der Waals surface area contributed by atoms with Gasteiger partial charge in [-0.2, -0.15) is 0 Å². The molecule has 1 aliphatic rings. The number of carboxylic acids is 1. The van der Waals surface area contributed by atoms with Crippen molar-refractivity contribution in [2.24, 2.45) is 0 Å². The summed E-state index contributed by atoms with van der Waals surface area (Å²) in [5.41, 5.74) is 1.37. The minimum absolute atomic E-state index is 0.00331. The molecule has 0 radical (unpaired) electrons. The second-order valence-corrected chi connectivity index (χ2v) is 3.49. The average molecular weight is 234 g/mol. The molecule has 6 heteroatoms. The lowest BCUT2D eigenvalue weighted by Crippen LogP contribution is -2.15.